The molecule has 2 rings (SSSR count). The second-order valence-electron chi connectivity index (χ2n) is 5.13. The Labute approximate surface area is 146 Å². The van der Waals surface area contributed by atoms with Gasteiger partial charge in [0.1, 0.15) is 12.1 Å². The van der Waals surface area contributed by atoms with Gasteiger partial charge in [0.15, 0.2) is 0 Å². The number of hydrogen-bond donors (Lipinski definition) is 2. The molecule has 7 heteroatoms. The van der Waals surface area contributed by atoms with Crippen LogP contribution in [0.5, 0.6) is 0 Å². The number of aryl methyl sites for hydroxylation is 2. The average molecular weight is 425 g/mol. The second kappa shape index (κ2) is 6.95. The monoisotopic (exact) mass is 425 g/mol. The number of rotatable bonds is 4. The van der Waals surface area contributed by atoms with Crippen LogP contribution in [0.1, 0.15) is 21.6 Å². The highest BCUT2D eigenvalue weighted by Crippen LogP contribution is 2.17. The molecule has 0 aliphatic rings. The standard InChI is InChI=1S/C16H16IN3O3/c1-9-7-10(2)20(16(23)14(9)15(18)22)8-13(21)19-12-6-4-3-5-11(12)17/h3-7H,8H2,1-2H3,(H2,18,22)(H,19,21). The normalized spacial score (nSPS) is 10.4. The summed E-state index contributed by atoms with van der Waals surface area (Å²) in [7, 11) is 0. The molecular formula is C16H16IN3O3. The molecule has 1 heterocycles. The van der Waals surface area contributed by atoms with Crippen molar-refractivity contribution in [1.29, 1.82) is 0 Å². The SMILES string of the molecule is Cc1cc(C)n(CC(=O)Nc2ccccc2I)c(=O)c1C(N)=O. The third-order valence-electron chi connectivity index (χ3n) is 3.40. The molecule has 1 aromatic carbocycles. The number of para-hydroxylation sites is 1. The van der Waals surface area contributed by atoms with Gasteiger partial charge in [0.2, 0.25) is 5.91 Å². The molecule has 0 unspecified atom stereocenters. The van der Waals surface area contributed by atoms with E-state index in [-0.39, 0.29) is 18.0 Å². The number of anilines is 1. The number of carbonyl (C=O) groups is 2. The average Bonchev–Trinajstić information content (AvgIpc) is 2.45. The van der Waals surface area contributed by atoms with Crippen LogP contribution in [0, 0.1) is 17.4 Å². The van der Waals surface area contributed by atoms with E-state index >= 15 is 0 Å². The van der Waals surface area contributed by atoms with Crippen LogP contribution in [-0.2, 0) is 11.3 Å². The first-order valence-corrected chi connectivity index (χ1v) is 7.94. The molecule has 0 saturated carbocycles. The Hall–Kier alpha value is -2.16. The van der Waals surface area contributed by atoms with E-state index in [4.69, 9.17) is 5.73 Å². The van der Waals surface area contributed by atoms with Gasteiger partial charge in [-0.1, -0.05) is 12.1 Å². The van der Waals surface area contributed by atoms with E-state index in [0.29, 0.717) is 16.9 Å². The highest BCUT2D eigenvalue weighted by molar-refractivity contribution is 14.1. The number of nitrogens with zero attached hydrogens (tertiary/aromatic N) is 1. The van der Waals surface area contributed by atoms with Crippen LogP contribution in [0.4, 0.5) is 5.69 Å². The maximum absolute atomic E-state index is 12.4. The minimum absolute atomic E-state index is 0.0855. The highest BCUT2D eigenvalue weighted by Gasteiger charge is 2.17. The minimum Gasteiger partial charge on any atom is -0.365 e. The molecule has 0 spiro atoms. The summed E-state index contributed by atoms with van der Waals surface area (Å²) >= 11 is 2.11. The van der Waals surface area contributed by atoms with Gasteiger partial charge in [0, 0.05) is 9.26 Å². The molecule has 0 aliphatic carbocycles. The Morgan fingerprint density at radius 2 is 1.91 bits per heavy atom. The smallest absolute Gasteiger partial charge is 0.264 e. The summed E-state index contributed by atoms with van der Waals surface area (Å²) in [6.45, 7) is 3.17. The molecule has 0 aliphatic heterocycles. The fourth-order valence-corrected chi connectivity index (χ4v) is 2.84. The highest BCUT2D eigenvalue weighted by atomic mass is 127. The summed E-state index contributed by atoms with van der Waals surface area (Å²) in [5.74, 6) is -1.14. The molecule has 2 amide bonds. The van der Waals surface area contributed by atoms with Crippen molar-refractivity contribution in [2.75, 3.05) is 5.32 Å². The lowest BCUT2D eigenvalue weighted by molar-refractivity contribution is -0.116. The van der Waals surface area contributed by atoms with Crippen LogP contribution >= 0.6 is 22.6 Å². The molecule has 120 valence electrons. The van der Waals surface area contributed by atoms with Crippen molar-refractivity contribution >= 4 is 40.1 Å². The van der Waals surface area contributed by atoms with E-state index < -0.39 is 11.5 Å². The van der Waals surface area contributed by atoms with Gasteiger partial charge < -0.3 is 15.6 Å². The summed E-state index contributed by atoms with van der Waals surface area (Å²) in [6.07, 6.45) is 0. The summed E-state index contributed by atoms with van der Waals surface area (Å²) in [4.78, 5) is 36.0. The predicted molar refractivity (Wildman–Crippen MR) is 96.5 cm³/mol. The molecule has 6 nitrogen and oxygen atoms in total. The van der Waals surface area contributed by atoms with E-state index in [1.54, 1.807) is 26.0 Å². The van der Waals surface area contributed by atoms with Gasteiger partial charge in [-0.25, -0.2) is 0 Å². The van der Waals surface area contributed by atoms with Crippen LogP contribution in [0.3, 0.4) is 0 Å². The zero-order chi connectivity index (χ0) is 17.1. The fourth-order valence-electron chi connectivity index (χ4n) is 2.32. The lowest BCUT2D eigenvalue weighted by Crippen LogP contribution is -2.35. The maximum Gasteiger partial charge on any atom is 0.264 e. The van der Waals surface area contributed by atoms with Gasteiger partial charge in [-0.15, -0.1) is 0 Å². The number of nitrogens with one attached hydrogen (secondary N) is 1. The summed E-state index contributed by atoms with van der Waals surface area (Å²) < 4.78 is 2.14. The van der Waals surface area contributed by atoms with Crippen LogP contribution in [0.2, 0.25) is 0 Å². The first-order valence-electron chi connectivity index (χ1n) is 6.86. The summed E-state index contributed by atoms with van der Waals surface area (Å²) in [5, 5.41) is 2.75. The lowest BCUT2D eigenvalue weighted by atomic mass is 10.1. The molecule has 3 N–H and O–H groups in total. The number of halogens is 1. The lowest BCUT2D eigenvalue weighted by Gasteiger charge is -2.13. The molecule has 0 saturated heterocycles. The van der Waals surface area contributed by atoms with E-state index in [9.17, 15) is 14.4 Å². The Bertz CT molecular complexity index is 843. The van der Waals surface area contributed by atoms with Gasteiger partial charge >= 0.3 is 0 Å². The van der Waals surface area contributed by atoms with Gasteiger partial charge in [0.25, 0.3) is 11.5 Å². The number of carbonyl (C=O) groups excluding carboxylic acids is 2. The van der Waals surface area contributed by atoms with Gasteiger partial charge in [0.05, 0.1) is 5.69 Å². The first kappa shape index (κ1) is 17.2. The van der Waals surface area contributed by atoms with Crippen molar-refractivity contribution < 1.29 is 9.59 Å². The number of hydrogen-bond acceptors (Lipinski definition) is 3. The van der Waals surface area contributed by atoms with Crippen molar-refractivity contribution in [2.24, 2.45) is 5.73 Å². The van der Waals surface area contributed by atoms with Crippen molar-refractivity contribution in [3.63, 3.8) is 0 Å². The Balaban J connectivity index is 2.32. The number of benzene rings is 1. The first-order chi connectivity index (χ1) is 10.8. The van der Waals surface area contributed by atoms with Crippen molar-refractivity contribution in [3.05, 3.63) is 61.1 Å². The van der Waals surface area contributed by atoms with Crippen LogP contribution in [0.15, 0.2) is 35.1 Å². The topological polar surface area (TPSA) is 94.2 Å². The van der Waals surface area contributed by atoms with Crippen LogP contribution < -0.4 is 16.6 Å². The predicted octanol–water partition coefficient (Wildman–Crippen LogP) is 1.81. The third kappa shape index (κ3) is 3.79. The van der Waals surface area contributed by atoms with E-state index in [0.717, 1.165) is 3.57 Å². The molecular weight excluding hydrogens is 409 g/mol. The van der Waals surface area contributed by atoms with Gasteiger partial charge in [-0.2, -0.15) is 0 Å². The molecule has 23 heavy (non-hydrogen) atoms. The number of pyridine rings is 1. The van der Waals surface area contributed by atoms with Gasteiger partial charge in [-0.3, -0.25) is 14.4 Å². The number of primary amides is 1. The quantitative estimate of drug-likeness (QED) is 0.732. The fraction of sp³-hybridized carbons (Fsp3) is 0.188. The number of nitrogens with two attached hydrogens (primary N) is 1. The zero-order valence-corrected chi connectivity index (χ0v) is 14.9. The van der Waals surface area contributed by atoms with Crippen LogP contribution in [0.25, 0.3) is 0 Å². The van der Waals surface area contributed by atoms with Gasteiger partial charge in [-0.05, 0) is 60.2 Å². The summed E-state index contributed by atoms with van der Waals surface area (Å²) in [5.41, 5.74) is 6.39. The minimum atomic E-state index is -0.792. The molecule has 1 aromatic heterocycles. The third-order valence-corrected chi connectivity index (χ3v) is 4.34. The van der Waals surface area contributed by atoms with Crippen molar-refractivity contribution in [2.45, 2.75) is 20.4 Å². The molecule has 0 bridgehead atoms. The second-order valence-corrected chi connectivity index (χ2v) is 6.29. The van der Waals surface area contributed by atoms with Crippen molar-refractivity contribution in [3.8, 4) is 0 Å². The zero-order valence-electron chi connectivity index (χ0n) is 12.7. The Kier molecular flexibility index (Phi) is 5.19. The number of aromatic nitrogens is 1. The number of amides is 2. The molecule has 0 atom stereocenters. The largest absolute Gasteiger partial charge is 0.365 e. The molecule has 0 fully saturated rings. The van der Waals surface area contributed by atoms with Crippen molar-refractivity contribution in [1.82, 2.24) is 4.57 Å². The van der Waals surface area contributed by atoms with E-state index in [1.165, 1.54) is 4.57 Å². The van der Waals surface area contributed by atoms with E-state index in [2.05, 4.69) is 27.9 Å². The summed E-state index contributed by atoms with van der Waals surface area (Å²) in [6, 6.07) is 8.99. The Morgan fingerprint density at radius 3 is 2.52 bits per heavy atom. The maximum atomic E-state index is 12.4. The molecule has 0 radical (unpaired) electrons. The van der Waals surface area contributed by atoms with Crippen LogP contribution in [-0.4, -0.2) is 16.4 Å². The van der Waals surface area contributed by atoms with E-state index in [1.807, 2.05) is 18.2 Å². The molecule has 2 aromatic rings. The Morgan fingerprint density at radius 1 is 1.26 bits per heavy atom.